The molecule has 0 saturated heterocycles. The summed E-state index contributed by atoms with van der Waals surface area (Å²) >= 11 is 0. The van der Waals surface area contributed by atoms with E-state index in [1.54, 1.807) is 0 Å². The molecule has 7 aromatic carbocycles. The van der Waals surface area contributed by atoms with E-state index in [-0.39, 0.29) is 0 Å². The van der Waals surface area contributed by atoms with Crippen LogP contribution in [-0.2, 0) is 11.2 Å². The number of hydrogen-bond acceptors (Lipinski definition) is 1. The van der Waals surface area contributed by atoms with Gasteiger partial charge in [0, 0.05) is 32.9 Å². The normalized spacial score (nSPS) is 11.4. The molecular weight excluding hydrogens is 585 g/mol. The summed E-state index contributed by atoms with van der Waals surface area (Å²) in [7, 11) is 0. The van der Waals surface area contributed by atoms with Crippen molar-refractivity contribution in [2.24, 2.45) is 0 Å². The lowest BCUT2D eigenvalue weighted by atomic mass is 9.91. The van der Waals surface area contributed by atoms with Gasteiger partial charge >= 0.3 is 0 Å². The van der Waals surface area contributed by atoms with Crippen LogP contribution in [0.4, 0.5) is 0 Å². The van der Waals surface area contributed by atoms with Gasteiger partial charge in [0.2, 0.25) is 0 Å². The minimum absolute atomic E-state index is 0.575. The third-order valence-corrected chi connectivity index (χ3v) is 9.51. The first-order chi connectivity index (χ1) is 23.8. The Kier molecular flexibility index (Phi) is 6.64. The van der Waals surface area contributed by atoms with Gasteiger partial charge in [0.05, 0.1) is 27.6 Å². The smallest absolute Gasteiger partial charge is 0.133 e. The second-order valence-corrected chi connectivity index (χ2v) is 12.3. The molecule has 3 nitrogen and oxygen atoms in total. The largest absolute Gasteiger partial charge is 0.309 e. The lowest BCUT2D eigenvalue weighted by Gasteiger charge is -2.13. The summed E-state index contributed by atoms with van der Waals surface area (Å²) in [5, 5.41) is 4.70. The fraction of sp³-hybridized carbons (Fsp3) is 0.0222. The quantitative estimate of drug-likeness (QED) is 0.171. The maximum absolute atomic E-state index is 12.8. The molecule has 0 radical (unpaired) electrons. The van der Waals surface area contributed by atoms with Gasteiger partial charge in [0.25, 0.3) is 0 Å². The van der Waals surface area contributed by atoms with Crippen molar-refractivity contribution in [1.82, 2.24) is 9.13 Å². The minimum Gasteiger partial charge on any atom is -0.309 e. The number of hydrogen-bond donors (Lipinski definition) is 0. The highest BCUT2D eigenvalue weighted by Gasteiger charge is 2.18. The van der Waals surface area contributed by atoms with Crippen molar-refractivity contribution in [3.8, 4) is 11.4 Å². The Morgan fingerprint density at radius 3 is 1.58 bits per heavy atom. The van der Waals surface area contributed by atoms with E-state index in [2.05, 4.69) is 167 Å². The molecule has 0 unspecified atom stereocenters. The average Bonchev–Trinajstić information content (AvgIpc) is 3.66. The molecule has 2 aromatic heterocycles. The molecule has 0 aliphatic carbocycles. The van der Waals surface area contributed by atoms with Crippen LogP contribution < -0.4 is 0 Å². The van der Waals surface area contributed by atoms with Gasteiger partial charge in [-0.2, -0.15) is 0 Å². The molecular formula is C45H30N2O. The Balaban J connectivity index is 1.14. The Morgan fingerprint density at radius 1 is 0.458 bits per heavy atom. The molecule has 0 amide bonds. The molecule has 3 heteroatoms. The summed E-state index contributed by atoms with van der Waals surface area (Å²) in [5.41, 5.74) is 11.5. The molecule has 2 heterocycles. The lowest BCUT2D eigenvalue weighted by Crippen LogP contribution is -1.98. The van der Waals surface area contributed by atoms with Crippen LogP contribution in [0.3, 0.4) is 0 Å². The second kappa shape index (κ2) is 11.4. The maximum atomic E-state index is 12.8. The molecule has 0 aliphatic heterocycles. The van der Waals surface area contributed by atoms with E-state index >= 15 is 0 Å². The molecule has 9 rings (SSSR count). The Labute approximate surface area is 278 Å². The van der Waals surface area contributed by atoms with Crippen molar-refractivity contribution < 1.29 is 4.79 Å². The fourth-order valence-electron chi connectivity index (χ4n) is 7.38. The summed E-state index contributed by atoms with van der Waals surface area (Å²) in [5.74, 6) is 2.34. The third kappa shape index (κ3) is 4.49. The first-order valence-electron chi connectivity index (χ1n) is 16.3. The molecule has 0 bridgehead atoms. The highest BCUT2D eigenvalue weighted by atomic mass is 16.1. The van der Waals surface area contributed by atoms with Crippen molar-refractivity contribution in [2.45, 2.75) is 6.42 Å². The van der Waals surface area contributed by atoms with Gasteiger partial charge in [0.1, 0.15) is 5.94 Å². The van der Waals surface area contributed by atoms with Gasteiger partial charge in [-0.3, -0.25) is 0 Å². The van der Waals surface area contributed by atoms with Crippen LogP contribution in [-0.4, -0.2) is 15.1 Å². The average molecular weight is 615 g/mol. The van der Waals surface area contributed by atoms with Crippen LogP contribution in [0.2, 0.25) is 0 Å². The minimum atomic E-state index is 0.575. The lowest BCUT2D eigenvalue weighted by molar-refractivity contribution is 0.569. The summed E-state index contributed by atoms with van der Waals surface area (Å²) < 4.78 is 4.62. The van der Waals surface area contributed by atoms with Crippen LogP contribution in [0, 0.1) is 0 Å². The molecule has 0 spiro atoms. The van der Waals surface area contributed by atoms with Crippen molar-refractivity contribution in [3.05, 3.63) is 192 Å². The maximum Gasteiger partial charge on any atom is 0.133 e. The zero-order chi connectivity index (χ0) is 32.0. The highest BCUT2D eigenvalue weighted by Crippen LogP contribution is 2.36. The van der Waals surface area contributed by atoms with Crippen molar-refractivity contribution in [2.75, 3.05) is 0 Å². The first-order valence-corrected chi connectivity index (χ1v) is 16.3. The zero-order valence-electron chi connectivity index (χ0n) is 26.2. The first kappa shape index (κ1) is 27.9. The van der Waals surface area contributed by atoms with Gasteiger partial charge in [-0.05, 0) is 89.3 Å². The van der Waals surface area contributed by atoms with E-state index in [1.807, 2.05) is 18.2 Å². The molecule has 0 fully saturated rings. The molecule has 0 saturated carbocycles. The predicted molar refractivity (Wildman–Crippen MR) is 199 cm³/mol. The highest BCUT2D eigenvalue weighted by molar-refractivity contribution is 6.12. The van der Waals surface area contributed by atoms with Gasteiger partial charge in [-0.1, -0.05) is 109 Å². The Morgan fingerprint density at radius 2 is 0.958 bits per heavy atom. The van der Waals surface area contributed by atoms with Crippen molar-refractivity contribution in [3.63, 3.8) is 0 Å². The van der Waals surface area contributed by atoms with E-state index in [9.17, 15) is 4.79 Å². The SMILES string of the molecule is O=C=C(c1ccc2c(c1)c1ccccc1n2-c1ccccc1)c1ccccc1Cc1ccc2c(c1)c1ccccc1n2-c1ccccc1. The molecule has 0 N–H and O–H groups in total. The summed E-state index contributed by atoms with van der Waals surface area (Å²) in [4.78, 5) is 12.8. The van der Waals surface area contributed by atoms with E-state index in [4.69, 9.17) is 0 Å². The topological polar surface area (TPSA) is 26.9 Å². The number of para-hydroxylation sites is 4. The zero-order valence-corrected chi connectivity index (χ0v) is 26.2. The number of aromatic nitrogens is 2. The number of carbonyl (C=O) groups excluding carboxylic acids is 1. The van der Waals surface area contributed by atoms with Crippen LogP contribution in [0.25, 0.3) is 60.6 Å². The van der Waals surface area contributed by atoms with Gasteiger partial charge in [0.15, 0.2) is 0 Å². The van der Waals surface area contributed by atoms with E-state index in [1.165, 1.54) is 27.4 Å². The number of benzene rings is 7. The van der Waals surface area contributed by atoms with Crippen molar-refractivity contribution in [1.29, 1.82) is 0 Å². The van der Waals surface area contributed by atoms with E-state index < -0.39 is 0 Å². The Hall–Kier alpha value is -6.41. The van der Waals surface area contributed by atoms with Crippen LogP contribution in [0.1, 0.15) is 22.3 Å². The molecule has 226 valence electrons. The molecule has 0 aliphatic rings. The second-order valence-electron chi connectivity index (χ2n) is 12.3. The number of nitrogens with zero attached hydrogens (tertiary/aromatic N) is 2. The van der Waals surface area contributed by atoms with E-state index in [0.717, 1.165) is 49.9 Å². The van der Waals surface area contributed by atoms with Crippen LogP contribution in [0.5, 0.6) is 0 Å². The Bertz CT molecular complexity index is 2690. The summed E-state index contributed by atoms with van der Waals surface area (Å²) in [6.07, 6.45) is 0.692. The molecule has 0 atom stereocenters. The predicted octanol–water partition coefficient (Wildman–Crippen LogP) is 10.7. The van der Waals surface area contributed by atoms with Crippen LogP contribution >= 0.6 is 0 Å². The standard InChI is InChI=1S/C45H30N2O/c48-30-41(33-24-26-45-40(29-33)38-20-10-12-22-43(38)47(45)35-16-5-2-6-17-35)36-18-8-7-13-32(36)27-31-23-25-44-39(28-31)37-19-9-11-21-42(37)46(44)34-14-3-1-4-15-34/h1-26,28-29H,27H2. The molecule has 48 heavy (non-hydrogen) atoms. The summed E-state index contributed by atoms with van der Waals surface area (Å²) in [6, 6.07) is 59.3. The van der Waals surface area contributed by atoms with Gasteiger partial charge in [-0.15, -0.1) is 0 Å². The number of rotatable bonds is 6. The van der Waals surface area contributed by atoms with Gasteiger partial charge in [-0.25, -0.2) is 4.79 Å². The van der Waals surface area contributed by atoms with Crippen molar-refractivity contribution >= 4 is 55.1 Å². The fourth-order valence-corrected chi connectivity index (χ4v) is 7.38. The van der Waals surface area contributed by atoms with Gasteiger partial charge < -0.3 is 9.13 Å². The summed E-state index contributed by atoms with van der Waals surface area (Å²) in [6.45, 7) is 0. The van der Waals surface area contributed by atoms with E-state index in [0.29, 0.717) is 12.0 Å². The molecule has 9 aromatic rings. The monoisotopic (exact) mass is 614 g/mol. The third-order valence-electron chi connectivity index (χ3n) is 9.51. The van der Waals surface area contributed by atoms with Crippen LogP contribution in [0.15, 0.2) is 170 Å². The number of fused-ring (bicyclic) bond motifs is 6.